The van der Waals surface area contributed by atoms with E-state index in [2.05, 4.69) is 18.3 Å². The number of nitrogens with one attached hydrogen (secondary N) is 1. The molecule has 1 amide bonds. The predicted octanol–water partition coefficient (Wildman–Crippen LogP) is 2.74. The fourth-order valence-corrected chi connectivity index (χ4v) is 2.44. The van der Waals surface area contributed by atoms with Crippen LogP contribution >= 0.6 is 12.4 Å². The lowest BCUT2D eigenvalue weighted by molar-refractivity contribution is -0.119. The number of amides is 1. The Morgan fingerprint density at radius 1 is 1.39 bits per heavy atom. The molecule has 18 heavy (non-hydrogen) atoms. The first-order valence-electron chi connectivity index (χ1n) is 6.35. The van der Waals surface area contributed by atoms with Crippen molar-refractivity contribution in [1.82, 2.24) is 0 Å². The fourth-order valence-electron chi connectivity index (χ4n) is 2.44. The van der Waals surface area contributed by atoms with Gasteiger partial charge in [-0.3, -0.25) is 4.79 Å². The van der Waals surface area contributed by atoms with Crippen molar-refractivity contribution in [3.8, 4) is 0 Å². The van der Waals surface area contributed by atoms with Crippen LogP contribution in [0.2, 0.25) is 0 Å². The van der Waals surface area contributed by atoms with Crippen molar-refractivity contribution in [3.63, 3.8) is 0 Å². The van der Waals surface area contributed by atoms with Crippen LogP contribution in [0, 0.1) is 5.92 Å². The molecule has 3 nitrogen and oxygen atoms in total. The van der Waals surface area contributed by atoms with Gasteiger partial charge in [0.1, 0.15) is 0 Å². The van der Waals surface area contributed by atoms with Crippen LogP contribution in [0.4, 0.5) is 5.69 Å². The van der Waals surface area contributed by atoms with Gasteiger partial charge in [-0.2, -0.15) is 0 Å². The van der Waals surface area contributed by atoms with Gasteiger partial charge in [0, 0.05) is 17.6 Å². The van der Waals surface area contributed by atoms with E-state index in [0.717, 1.165) is 31.4 Å². The van der Waals surface area contributed by atoms with Crippen LogP contribution in [0.3, 0.4) is 0 Å². The third-order valence-corrected chi connectivity index (χ3v) is 3.50. The molecule has 0 saturated heterocycles. The van der Waals surface area contributed by atoms with Gasteiger partial charge in [-0.05, 0) is 37.3 Å². The first kappa shape index (κ1) is 15.0. The highest BCUT2D eigenvalue weighted by Crippen LogP contribution is 2.26. The van der Waals surface area contributed by atoms with Crippen LogP contribution in [0.25, 0.3) is 0 Å². The summed E-state index contributed by atoms with van der Waals surface area (Å²) in [5.41, 5.74) is 7.96. The van der Waals surface area contributed by atoms with Gasteiger partial charge in [-0.15, -0.1) is 12.4 Å². The van der Waals surface area contributed by atoms with E-state index < -0.39 is 0 Å². The number of carbonyl (C=O) groups excluding carboxylic acids is 1. The van der Waals surface area contributed by atoms with Gasteiger partial charge in [0.15, 0.2) is 0 Å². The van der Waals surface area contributed by atoms with Crippen LogP contribution in [0.15, 0.2) is 24.3 Å². The third-order valence-electron chi connectivity index (χ3n) is 3.50. The average Bonchev–Trinajstić information content (AvgIpc) is 2.77. The van der Waals surface area contributed by atoms with E-state index in [1.54, 1.807) is 0 Å². The number of anilines is 1. The number of rotatable bonds is 3. The molecule has 1 aromatic carbocycles. The Hall–Kier alpha value is -1.06. The highest BCUT2D eigenvalue weighted by atomic mass is 35.5. The number of aryl methyl sites for hydroxylation is 1. The largest absolute Gasteiger partial charge is 0.328 e. The maximum Gasteiger partial charge on any atom is 0.227 e. The molecule has 1 aliphatic carbocycles. The molecule has 2 rings (SSSR count). The van der Waals surface area contributed by atoms with Crippen molar-refractivity contribution in [2.75, 3.05) is 5.32 Å². The second-order valence-corrected chi connectivity index (χ2v) is 4.77. The van der Waals surface area contributed by atoms with E-state index >= 15 is 0 Å². The second kappa shape index (κ2) is 6.76. The van der Waals surface area contributed by atoms with Gasteiger partial charge in [0.2, 0.25) is 5.91 Å². The van der Waals surface area contributed by atoms with Crippen molar-refractivity contribution in [3.05, 3.63) is 29.8 Å². The maximum atomic E-state index is 12.1. The van der Waals surface area contributed by atoms with Gasteiger partial charge < -0.3 is 11.1 Å². The van der Waals surface area contributed by atoms with Crippen molar-refractivity contribution >= 4 is 24.0 Å². The van der Waals surface area contributed by atoms with Gasteiger partial charge >= 0.3 is 0 Å². The van der Waals surface area contributed by atoms with Crippen LogP contribution in [-0.2, 0) is 11.2 Å². The summed E-state index contributed by atoms with van der Waals surface area (Å²) in [6.07, 6.45) is 3.63. The first-order valence-corrected chi connectivity index (χ1v) is 6.35. The Morgan fingerprint density at radius 2 is 2.11 bits per heavy atom. The number of hydrogen-bond acceptors (Lipinski definition) is 2. The number of halogens is 1. The standard InChI is InChI=1S/C14H20N2O.ClH/c1-2-10-5-3-4-6-13(10)16-14(17)11-7-8-12(15)9-11;/h3-6,11-12H,2,7-9,15H2,1H3,(H,16,17);1H. The summed E-state index contributed by atoms with van der Waals surface area (Å²) >= 11 is 0. The van der Waals surface area contributed by atoms with Crippen LogP contribution in [-0.4, -0.2) is 11.9 Å². The van der Waals surface area contributed by atoms with E-state index in [9.17, 15) is 4.79 Å². The van der Waals surface area contributed by atoms with Crippen molar-refractivity contribution in [1.29, 1.82) is 0 Å². The van der Waals surface area contributed by atoms with Crippen LogP contribution < -0.4 is 11.1 Å². The van der Waals surface area contributed by atoms with Crippen LogP contribution in [0.1, 0.15) is 31.7 Å². The SMILES string of the molecule is CCc1ccccc1NC(=O)C1CCC(N)C1.Cl. The summed E-state index contributed by atoms with van der Waals surface area (Å²) in [5, 5.41) is 3.03. The normalized spacial score (nSPS) is 22.3. The van der Waals surface area contributed by atoms with Crippen molar-refractivity contribution in [2.24, 2.45) is 11.7 Å². The zero-order valence-corrected chi connectivity index (χ0v) is 11.5. The summed E-state index contributed by atoms with van der Waals surface area (Å²) < 4.78 is 0. The van der Waals surface area contributed by atoms with E-state index in [1.165, 1.54) is 5.56 Å². The molecule has 0 aromatic heterocycles. The lowest BCUT2D eigenvalue weighted by Crippen LogP contribution is -2.23. The molecule has 1 aromatic rings. The quantitative estimate of drug-likeness (QED) is 0.886. The zero-order chi connectivity index (χ0) is 12.3. The molecule has 0 heterocycles. The van der Waals surface area contributed by atoms with Crippen molar-refractivity contribution < 1.29 is 4.79 Å². The third kappa shape index (κ3) is 3.47. The Balaban J connectivity index is 0.00000162. The van der Waals surface area contributed by atoms with E-state index in [0.29, 0.717) is 0 Å². The minimum absolute atomic E-state index is 0. The van der Waals surface area contributed by atoms with Crippen LogP contribution in [0.5, 0.6) is 0 Å². The number of carbonyl (C=O) groups is 1. The Bertz CT molecular complexity index is 409. The van der Waals surface area contributed by atoms with E-state index in [1.807, 2.05) is 18.2 Å². The topological polar surface area (TPSA) is 55.1 Å². The molecule has 1 aliphatic rings. The molecular formula is C14H21ClN2O. The molecule has 0 bridgehead atoms. The number of nitrogens with two attached hydrogens (primary N) is 1. The van der Waals surface area contributed by atoms with Crippen molar-refractivity contribution in [2.45, 2.75) is 38.6 Å². The lowest BCUT2D eigenvalue weighted by atomic mass is 10.1. The zero-order valence-electron chi connectivity index (χ0n) is 10.7. The van der Waals surface area contributed by atoms with Gasteiger partial charge in [-0.25, -0.2) is 0 Å². The molecule has 2 unspecified atom stereocenters. The molecule has 1 saturated carbocycles. The Labute approximate surface area is 115 Å². The summed E-state index contributed by atoms with van der Waals surface area (Å²) in [7, 11) is 0. The molecule has 2 atom stereocenters. The average molecular weight is 269 g/mol. The summed E-state index contributed by atoms with van der Waals surface area (Å²) in [4.78, 5) is 12.1. The van der Waals surface area contributed by atoms with Gasteiger partial charge in [0.25, 0.3) is 0 Å². The summed E-state index contributed by atoms with van der Waals surface area (Å²) in [5.74, 6) is 0.216. The molecule has 0 aliphatic heterocycles. The maximum absolute atomic E-state index is 12.1. The smallest absolute Gasteiger partial charge is 0.227 e. The monoisotopic (exact) mass is 268 g/mol. The molecule has 0 radical (unpaired) electrons. The molecule has 0 spiro atoms. The minimum atomic E-state index is 0. The van der Waals surface area contributed by atoms with Gasteiger partial charge in [-0.1, -0.05) is 25.1 Å². The molecular weight excluding hydrogens is 248 g/mol. The molecule has 4 heteroatoms. The minimum Gasteiger partial charge on any atom is -0.328 e. The Morgan fingerprint density at radius 3 is 2.72 bits per heavy atom. The second-order valence-electron chi connectivity index (χ2n) is 4.77. The molecule has 100 valence electrons. The first-order chi connectivity index (χ1) is 8.20. The fraction of sp³-hybridized carbons (Fsp3) is 0.500. The lowest BCUT2D eigenvalue weighted by Gasteiger charge is -2.13. The molecule has 1 fully saturated rings. The molecule has 3 N–H and O–H groups in total. The number of benzene rings is 1. The number of hydrogen-bond donors (Lipinski definition) is 2. The van der Waals surface area contributed by atoms with Gasteiger partial charge in [0.05, 0.1) is 0 Å². The predicted molar refractivity (Wildman–Crippen MR) is 77.0 cm³/mol. The Kier molecular flexibility index (Phi) is 5.63. The van der Waals surface area contributed by atoms with E-state index in [4.69, 9.17) is 5.73 Å². The highest BCUT2D eigenvalue weighted by molar-refractivity contribution is 5.93. The van der Waals surface area contributed by atoms with E-state index in [-0.39, 0.29) is 30.3 Å². The number of para-hydroxylation sites is 1. The summed E-state index contributed by atoms with van der Waals surface area (Å²) in [6.45, 7) is 2.09. The highest BCUT2D eigenvalue weighted by Gasteiger charge is 2.27. The summed E-state index contributed by atoms with van der Waals surface area (Å²) in [6, 6.07) is 8.17.